The highest BCUT2D eigenvalue weighted by Gasteiger charge is 2.51. The number of carbonyl (C=O) groups excluding carboxylic acids is 2. The molecule has 39 heavy (non-hydrogen) atoms. The normalized spacial score (nSPS) is 16.9. The second kappa shape index (κ2) is 12.0. The minimum absolute atomic E-state index is 0. The van der Waals surface area contributed by atoms with Crippen LogP contribution in [-0.4, -0.2) is 23.6 Å². The van der Waals surface area contributed by atoms with Gasteiger partial charge >= 0.3 is 5.97 Å². The zero-order valence-electron chi connectivity index (χ0n) is 22.3. The van der Waals surface area contributed by atoms with E-state index in [2.05, 4.69) is 28.5 Å². The van der Waals surface area contributed by atoms with Gasteiger partial charge in [0, 0.05) is 6.92 Å². The van der Waals surface area contributed by atoms with E-state index in [1.807, 2.05) is 72.8 Å². The van der Waals surface area contributed by atoms with Crippen LogP contribution in [0.15, 0.2) is 97.3 Å². The highest BCUT2D eigenvalue weighted by molar-refractivity contribution is 5.91. The van der Waals surface area contributed by atoms with Crippen LogP contribution in [0.2, 0.25) is 0 Å². The molecule has 1 saturated carbocycles. The van der Waals surface area contributed by atoms with Crippen molar-refractivity contribution in [1.82, 2.24) is 4.57 Å². The van der Waals surface area contributed by atoms with E-state index >= 15 is 0 Å². The Hall–Kier alpha value is -3.71. The van der Waals surface area contributed by atoms with Gasteiger partial charge in [-0.2, -0.15) is 0 Å². The van der Waals surface area contributed by atoms with Gasteiger partial charge in [-0.05, 0) is 54.0 Å². The number of amides is 1. The van der Waals surface area contributed by atoms with Gasteiger partial charge in [-0.15, -0.1) is 0 Å². The molecule has 4 aromatic rings. The Bertz CT molecular complexity index is 1380. The Labute approximate surface area is 240 Å². The molecule has 1 aliphatic carbocycles. The third-order valence-electron chi connectivity index (χ3n) is 8.18. The Balaban J connectivity index is 0.00000353. The molecule has 3 aromatic carbocycles. The zero-order valence-corrected chi connectivity index (χ0v) is 23.9. The van der Waals surface area contributed by atoms with Crippen LogP contribution in [-0.2, 0) is 21.5 Å². The first-order valence-corrected chi connectivity index (χ1v) is 13.1. The van der Waals surface area contributed by atoms with E-state index in [1.54, 1.807) is 12.1 Å². The van der Waals surface area contributed by atoms with Crippen LogP contribution in [0, 0.1) is 12.8 Å². The van der Waals surface area contributed by atoms with Crippen LogP contribution in [0.1, 0.15) is 58.2 Å². The van der Waals surface area contributed by atoms with Crippen LogP contribution in [0.25, 0.3) is 0 Å². The van der Waals surface area contributed by atoms with Gasteiger partial charge in [-0.25, -0.2) is 13.9 Å². The van der Waals surface area contributed by atoms with Crippen LogP contribution in [0.4, 0.5) is 0 Å². The van der Waals surface area contributed by atoms with Gasteiger partial charge in [0.1, 0.15) is 30.4 Å². The molecule has 0 radical (unpaired) electrons. The first-order chi connectivity index (χ1) is 18.4. The van der Waals surface area contributed by atoms with Crippen molar-refractivity contribution in [2.24, 2.45) is 11.7 Å². The van der Waals surface area contributed by atoms with Gasteiger partial charge in [0.2, 0.25) is 5.91 Å². The molecule has 202 valence electrons. The second-order valence-corrected chi connectivity index (χ2v) is 10.1. The van der Waals surface area contributed by atoms with Crippen LogP contribution >= 0.6 is 0 Å². The summed E-state index contributed by atoms with van der Waals surface area (Å²) >= 11 is 0. The third kappa shape index (κ3) is 5.28. The lowest BCUT2D eigenvalue weighted by Crippen LogP contribution is -3.00. The monoisotopic (exact) mass is 587 g/mol. The predicted octanol–water partition coefficient (Wildman–Crippen LogP) is 1.74. The molecule has 1 fully saturated rings. The van der Waals surface area contributed by atoms with Crippen molar-refractivity contribution in [3.8, 4) is 0 Å². The zero-order chi connectivity index (χ0) is 26.7. The number of imidazole rings is 1. The maximum Gasteiger partial charge on any atom is 0.337 e. The van der Waals surface area contributed by atoms with Crippen molar-refractivity contribution in [3.63, 3.8) is 0 Å². The quantitative estimate of drug-likeness (QED) is 0.252. The molecule has 1 aromatic heterocycles. The van der Waals surface area contributed by atoms with Gasteiger partial charge in [0.05, 0.1) is 12.7 Å². The third-order valence-corrected chi connectivity index (χ3v) is 8.18. The molecule has 0 aliphatic heterocycles. The van der Waals surface area contributed by atoms with E-state index in [0.29, 0.717) is 12.1 Å². The summed E-state index contributed by atoms with van der Waals surface area (Å²) in [6.07, 6.45) is 6.98. The fourth-order valence-corrected chi connectivity index (χ4v) is 6.26. The Kier molecular flexibility index (Phi) is 8.70. The number of hydrogen-bond acceptors (Lipinski definition) is 3. The van der Waals surface area contributed by atoms with E-state index < -0.39 is 5.41 Å². The topological polar surface area (TPSA) is 78.2 Å². The van der Waals surface area contributed by atoms with Crippen molar-refractivity contribution in [2.75, 3.05) is 7.11 Å². The number of methoxy groups -OCH3 is 1. The minimum atomic E-state index is -0.879. The highest BCUT2D eigenvalue weighted by atomic mass is 79.9. The number of nitrogens with zero attached hydrogens (tertiary/aromatic N) is 2. The van der Waals surface area contributed by atoms with E-state index in [9.17, 15) is 9.59 Å². The average Bonchev–Trinajstić information content (AvgIpc) is 3.57. The summed E-state index contributed by atoms with van der Waals surface area (Å²) in [4.78, 5) is 25.1. The first kappa shape index (κ1) is 28.3. The molecule has 0 saturated heterocycles. The Morgan fingerprint density at radius 1 is 0.949 bits per heavy atom. The molecule has 5 rings (SSSR count). The Morgan fingerprint density at radius 3 is 2.08 bits per heavy atom. The summed E-state index contributed by atoms with van der Waals surface area (Å²) in [6, 6.07) is 27.8. The standard InChI is InChI=1S/C32H33N3O3.BrH/c1-23-34(22-24-13-15-25(16-14-24)30(36)38-2)19-20-35(23)29-18-17-28(21-29)32(31(33)37,26-9-5-3-6-10-26)27-11-7-4-8-12-27;/h3-16,19-20,28-29H,17-18,21-22H2,1-2H3,(H-,33,37);1H. The first-order valence-electron chi connectivity index (χ1n) is 13.1. The lowest BCUT2D eigenvalue weighted by Gasteiger charge is -2.37. The summed E-state index contributed by atoms with van der Waals surface area (Å²) in [7, 11) is 1.39. The van der Waals surface area contributed by atoms with Crippen molar-refractivity contribution >= 4 is 11.9 Å². The fourth-order valence-electron chi connectivity index (χ4n) is 6.26. The predicted molar refractivity (Wildman–Crippen MR) is 145 cm³/mol. The van der Waals surface area contributed by atoms with E-state index in [1.165, 1.54) is 7.11 Å². The van der Waals surface area contributed by atoms with Gasteiger partial charge in [-0.1, -0.05) is 72.8 Å². The number of hydrogen-bond donors (Lipinski definition) is 1. The summed E-state index contributed by atoms with van der Waals surface area (Å²) in [5.41, 5.74) is 8.96. The number of esters is 1. The Morgan fingerprint density at radius 2 is 1.54 bits per heavy atom. The van der Waals surface area contributed by atoms with Crippen LogP contribution in [0.5, 0.6) is 0 Å². The minimum Gasteiger partial charge on any atom is -1.00 e. The highest BCUT2D eigenvalue weighted by Crippen LogP contribution is 2.49. The number of carbonyl (C=O) groups is 2. The molecule has 6 nitrogen and oxygen atoms in total. The van der Waals surface area contributed by atoms with Crippen molar-refractivity contribution in [2.45, 2.75) is 44.2 Å². The number of aromatic nitrogens is 2. The molecule has 2 atom stereocenters. The summed E-state index contributed by atoms with van der Waals surface area (Å²) in [6.45, 7) is 2.83. The number of rotatable bonds is 8. The maximum absolute atomic E-state index is 13.4. The van der Waals surface area contributed by atoms with Crippen LogP contribution in [0.3, 0.4) is 0 Å². The van der Waals surface area contributed by atoms with E-state index in [4.69, 9.17) is 10.5 Å². The number of nitrogens with two attached hydrogens (primary N) is 1. The smallest absolute Gasteiger partial charge is 0.337 e. The maximum atomic E-state index is 13.4. The molecular weight excluding hydrogens is 554 g/mol. The molecule has 1 amide bonds. The average molecular weight is 589 g/mol. The summed E-state index contributed by atoms with van der Waals surface area (Å²) < 4.78 is 9.36. The van der Waals surface area contributed by atoms with Crippen LogP contribution < -0.4 is 27.3 Å². The number of benzene rings is 3. The molecule has 1 aliphatic rings. The molecule has 2 unspecified atom stereocenters. The molecule has 0 bridgehead atoms. The van der Waals surface area contributed by atoms with Gasteiger partial charge in [0.25, 0.3) is 5.82 Å². The number of halogens is 1. The molecule has 1 heterocycles. The van der Waals surface area contributed by atoms with Gasteiger partial charge in [0.15, 0.2) is 0 Å². The van der Waals surface area contributed by atoms with E-state index in [-0.39, 0.29) is 40.8 Å². The van der Waals surface area contributed by atoms with Gasteiger partial charge < -0.3 is 27.5 Å². The SMILES string of the molecule is COC(=O)c1ccc(C[n+]2ccn(C3CCC(C(C(N)=O)(c4ccccc4)c4ccccc4)C3)c2C)cc1.[Br-]. The lowest BCUT2D eigenvalue weighted by molar-refractivity contribution is -0.694. The number of primary amides is 1. The molecule has 2 N–H and O–H groups in total. The fraction of sp³-hybridized carbons (Fsp3) is 0.281. The molecule has 0 spiro atoms. The van der Waals surface area contributed by atoms with Crippen molar-refractivity contribution in [3.05, 3.63) is 125 Å². The van der Waals surface area contributed by atoms with Gasteiger partial charge in [-0.3, -0.25) is 4.79 Å². The summed E-state index contributed by atoms with van der Waals surface area (Å²) in [5.74, 6) is 0.600. The number of ether oxygens (including phenoxy) is 1. The van der Waals surface area contributed by atoms with Crippen molar-refractivity contribution < 1.29 is 35.9 Å². The lowest BCUT2D eigenvalue weighted by atomic mass is 9.64. The molecular formula is C32H34BrN3O3. The molecule has 7 heteroatoms. The van der Waals surface area contributed by atoms with Crippen molar-refractivity contribution in [1.29, 1.82) is 0 Å². The largest absolute Gasteiger partial charge is 1.00 e. The van der Waals surface area contributed by atoms with E-state index in [0.717, 1.165) is 41.8 Å². The second-order valence-electron chi connectivity index (χ2n) is 10.1. The summed E-state index contributed by atoms with van der Waals surface area (Å²) in [5, 5.41) is 0.